The first-order valence-corrected chi connectivity index (χ1v) is 8.70. The number of fused-ring (bicyclic) bond motifs is 1. The van der Waals surface area contributed by atoms with E-state index in [9.17, 15) is 4.39 Å². The number of benzene rings is 1. The molecule has 26 heavy (non-hydrogen) atoms. The lowest BCUT2D eigenvalue weighted by Gasteiger charge is -2.12. The van der Waals surface area contributed by atoms with Crippen molar-refractivity contribution in [1.29, 1.82) is 0 Å². The number of aryl methyl sites for hydroxylation is 2. The van der Waals surface area contributed by atoms with Crippen molar-refractivity contribution in [2.24, 2.45) is 4.99 Å². The van der Waals surface area contributed by atoms with E-state index in [-0.39, 0.29) is 5.82 Å². The van der Waals surface area contributed by atoms with Crippen LogP contribution < -0.4 is 10.6 Å². The molecule has 0 amide bonds. The van der Waals surface area contributed by atoms with Crippen LogP contribution in [0.15, 0.2) is 47.6 Å². The van der Waals surface area contributed by atoms with Crippen molar-refractivity contribution < 1.29 is 4.39 Å². The van der Waals surface area contributed by atoms with Gasteiger partial charge >= 0.3 is 0 Å². The van der Waals surface area contributed by atoms with Gasteiger partial charge in [-0.25, -0.2) is 9.37 Å². The number of halogens is 1. The van der Waals surface area contributed by atoms with Gasteiger partial charge in [-0.15, -0.1) is 0 Å². The lowest BCUT2D eigenvalue weighted by Crippen LogP contribution is -2.38. The Morgan fingerprint density at radius 2 is 2.04 bits per heavy atom. The van der Waals surface area contributed by atoms with Crippen LogP contribution in [0.3, 0.4) is 0 Å². The summed E-state index contributed by atoms with van der Waals surface area (Å²) in [7, 11) is 1.74. The first-order chi connectivity index (χ1) is 12.6. The molecule has 0 spiro atoms. The minimum absolute atomic E-state index is 0.195. The molecule has 3 aromatic rings. The maximum absolute atomic E-state index is 13.2. The standard InChI is InChI=1S/C20H24FN5/c1-14-11-17(21)8-7-16(14)9-10-23-20(22-3)24-12-18-13-26-15(2)5-4-6-19(26)25-18/h4-8,11,13H,9-10,12H2,1-3H3,(H2,22,23,24). The maximum Gasteiger partial charge on any atom is 0.191 e. The second-order valence-corrected chi connectivity index (χ2v) is 6.30. The number of nitrogens with zero attached hydrogens (tertiary/aromatic N) is 3. The van der Waals surface area contributed by atoms with E-state index in [0.717, 1.165) is 47.1 Å². The Labute approximate surface area is 153 Å². The first-order valence-electron chi connectivity index (χ1n) is 8.70. The van der Waals surface area contributed by atoms with E-state index in [1.807, 2.05) is 31.3 Å². The molecule has 2 aromatic heterocycles. The van der Waals surface area contributed by atoms with E-state index in [4.69, 9.17) is 0 Å². The molecule has 2 N–H and O–H groups in total. The highest BCUT2D eigenvalue weighted by Crippen LogP contribution is 2.10. The number of hydrogen-bond donors (Lipinski definition) is 2. The van der Waals surface area contributed by atoms with Crippen molar-refractivity contribution in [1.82, 2.24) is 20.0 Å². The fourth-order valence-electron chi connectivity index (χ4n) is 2.93. The number of aromatic nitrogens is 2. The highest BCUT2D eigenvalue weighted by molar-refractivity contribution is 5.79. The Morgan fingerprint density at radius 3 is 2.77 bits per heavy atom. The van der Waals surface area contributed by atoms with Gasteiger partial charge in [-0.05, 0) is 55.7 Å². The molecule has 136 valence electrons. The van der Waals surface area contributed by atoms with Gasteiger partial charge in [0.25, 0.3) is 0 Å². The normalized spacial score (nSPS) is 11.8. The average molecular weight is 353 g/mol. The summed E-state index contributed by atoms with van der Waals surface area (Å²) in [5, 5.41) is 6.56. The quantitative estimate of drug-likeness (QED) is 0.548. The second kappa shape index (κ2) is 7.99. The van der Waals surface area contributed by atoms with Gasteiger partial charge in [0.2, 0.25) is 0 Å². The highest BCUT2D eigenvalue weighted by Gasteiger charge is 2.05. The van der Waals surface area contributed by atoms with Crippen LogP contribution in [0.1, 0.15) is 22.5 Å². The maximum atomic E-state index is 13.2. The van der Waals surface area contributed by atoms with E-state index in [0.29, 0.717) is 6.54 Å². The largest absolute Gasteiger partial charge is 0.356 e. The zero-order valence-corrected chi connectivity index (χ0v) is 15.4. The third-order valence-electron chi connectivity index (χ3n) is 4.40. The molecule has 0 radical (unpaired) electrons. The van der Waals surface area contributed by atoms with E-state index < -0.39 is 0 Å². The first kappa shape index (κ1) is 17.9. The third kappa shape index (κ3) is 4.20. The van der Waals surface area contributed by atoms with Crippen molar-refractivity contribution >= 4 is 11.6 Å². The lowest BCUT2D eigenvalue weighted by atomic mass is 10.1. The van der Waals surface area contributed by atoms with Crippen LogP contribution in [0.2, 0.25) is 0 Å². The Kier molecular flexibility index (Phi) is 5.51. The topological polar surface area (TPSA) is 53.7 Å². The summed E-state index contributed by atoms with van der Waals surface area (Å²) in [4.78, 5) is 8.85. The van der Waals surface area contributed by atoms with Gasteiger partial charge in [-0.3, -0.25) is 4.99 Å². The average Bonchev–Trinajstić information content (AvgIpc) is 3.04. The molecule has 5 nitrogen and oxygen atoms in total. The molecule has 0 saturated heterocycles. The Morgan fingerprint density at radius 1 is 1.19 bits per heavy atom. The SMILES string of the molecule is CN=C(NCCc1ccc(F)cc1C)NCc1cn2c(C)cccc2n1. The minimum Gasteiger partial charge on any atom is -0.356 e. The van der Waals surface area contributed by atoms with Gasteiger partial charge < -0.3 is 15.0 Å². The summed E-state index contributed by atoms with van der Waals surface area (Å²) in [6.45, 7) is 5.30. The van der Waals surface area contributed by atoms with Gasteiger partial charge in [0.1, 0.15) is 11.5 Å². The number of rotatable bonds is 5. The van der Waals surface area contributed by atoms with Gasteiger partial charge in [0, 0.05) is 25.5 Å². The predicted octanol–water partition coefficient (Wildman–Crippen LogP) is 3.00. The van der Waals surface area contributed by atoms with Gasteiger partial charge in [-0.2, -0.15) is 0 Å². The van der Waals surface area contributed by atoms with Crippen LogP contribution in [-0.2, 0) is 13.0 Å². The molecule has 0 saturated carbocycles. The Balaban J connectivity index is 1.53. The number of nitrogens with one attached hydrogen (secondary N) is 2. The zero-order chi connectivity index (χ0) is 18.5. The van der Waals surface area contributed by atoms with Crippen LogP contribution >= 0.6 is 0 Å². The number of imidazole rings is 1. The molecule has 6 heteroatoms. The molecule has 0 aliphatic carbocycles. The molecule has 1 aromatic carbocycles. The summed E-state index contributed by atoms with van der Waals surface area (Å²) < 4.78 is 15.2. The third-order valence-corrected chi connectivity index (χ3v) is 4.40. The monoisotopic (exact) mass is 353 g/mol. The van der Waals surface area contributed by atoms with Crippen molar-refractivity contribution in [3.8, 4) is 0 Å². The predicted molar refractivity (Wildman–Crippen MR) is 103 cm³/mol. The van der Waals surface area contributed by atoms with Crippen molar-refractivity contribution in [2.45, 2.75) is 26.8 Å². The molecular weight excluding hydrogens is 329 g/mol. The highest BCUT2D eigenvalue weighted by atomic mass is 19.1. The second-order valence-electron chi connectivity index (χ2n) is 6.30. The van der Waals surface area contributed by atoms with Crippen LogP contribution in [-0.4, -0.2) is 28.9 Å². The fraction of sp³-hybridized carbons (Fsp3) is 0.300. The van der Waals surface area contributed by atoms with E-state index in [1.165, 1.54) is 6.07 Å². The number of aliphatic imine (C=N–C) groups is 1. The van der Waals surface area contributed by atoms with Crippen LogP contribution in [0.4, 0.5) is 4.39 Å². The number of pyridine rings is 1. The van der Waals surface area contributed by atoms with Crippen molar-refractivity contribution in [3.05, 3.63) is 70.9 Å². The van der Waals surface area contributed by atoms with Crippen LogP contribution in [0, 0.1) is 19.7 Å². The molecule has 0 aliphatic heterocycles. The molecule has 0 aliphatic rings. The summed E-state index contributed by atoms with van der Waals surface area (Å²) in [6.07, 6.45) is 2.84. The van der Waals surface area contributed by atoms with Gasteiger partial charge in [-0.1, -0.05) is 12.1 Å². The van der Waals surface area contributed by atoms with Gasteiger partial charge in [0.15, 0.2) is 5.96 Å². The van der Waals surface area contributed by atoms with E-state index in [2.05, 4.69) is 38.0 Å². The summed E-state index contributed by atoms with van der Waals surface area (Å²) in [5.74, 6) is 0.526. The van der Waals surface area contributed by atoms with Crippen LogP contribution in [0.25, 0.3) is 5.65 Å². The Bertz CT molecular complexity index is 929. The molecule has 0 bridgehead atoms. The lowest BCUT2D eigenvalue weighted by molar-refractivity contribution is 0.625. The molecular formula is C20H24FN5. The summed E-state index contributed by atoms with van der Waals surface area (Å²) >= 11 is 0. The molecule has 0 unspecified atom stereocenters. The molecule has 2 heterocycles. The van der Waals surface area contributed by atoms with Crippen molar-refractivity contribution in [2.75, 3.05) is 13.6 Å². The van der Waals surface area contributed by atoms with E-state index in [1.54, 1.807) is 13.1 Å². The van der Waals surface area contributed by atoms with Crippen LogP contribution in [0.5, 0.6) is 0 Å². The fourth-order valence-corrected chi connectivity index (χ4v) is 2.93. The summed E-state index contributed by atoms with van der Waals surface area (Å²) in [6, 6.07) is 11.0. The van der Waals surface area contributed by atoms with E-state index >= 15 is 0 Å². The molecule has 3 rings (SSSR count). The smallest absolute Gasteiger partial charge is 0.191 e. The molecule has 0 atom stereocenters. The van der Waals surface area contributed by atoms with Gasteiger partial charge in [0.05, 0.1) is 12.2 Å². The van der Waals surface area contributed by atoms with Crippen molar-refractivity contribution in [3.63, 3.8) is 0 Å². The number of guanidine groups is 1. The zero-order valence-electron chi connectivity index (χ0n) is 15.4. The Hall–Kier alpha value is -2.89. The minimum atomic E-state index is -0.195. The number of hydrogen-bond acceptors (Lipinski definition) is 2. The summed E-state index contributed by atoms with van der Waals surface area (Å²) in [5.41, 5.74) is 5.14. The molecule has 0 fully saturated rings.